The monoisotopic (exact) mass is 362 g/mol. The summed E-state index contributed by atoms with van der Waals surface area (Å²) in [4.78, 5) is 37.8. The number of carbonyl (C=O) groups excluding carboxylic acids is 2. The van der Waals surface area contributed by atoms with E-state index in [9.17, 15) is 14.4 Å². The number of hydrogen-bond acceptors (Lipinski definition) is 6. The van der Waals surface area contributed by atoms with Gasteiger partial charge in [-0.1, -0.05) is 30.3 Å². The number of amides is 1. The van der Waals surface area contributed by atoms with Crippen LogP contribution in [0.3, 0.4) is 0 Å². The van der Waals surface area contributed by atoms with E-state index in [0.29, 0.717) is 11.1 Å². The molecule has 0 aliphatic carbocycles. The van der Waals surface area contributed by atoms with Gasteiger partial charge in [-0.25, -0.2) is 4.79 Å². The summed E-state index contributed by atoms with van der Waals surface area (Å²) in [5.41, 5.74) is 0.376. The third-order valence-electron chi connectivity index (χ3n) is 3.76. The molecule has 0 saturated carbocycles. The van der Waals surface area contributed by atoms with Gasteiger partial charge in [0.05, 0.1) is 11.5 Å². The minimum Gasteiger partial charge on any atom is -0.450 e. The molecule has 0 bridgehead atoms. The van der Waals surface area contributed by atoms with Crippen LogP contribution in [0.15, 0.2) is 69.9 Å². The van der Waals surface area contributed by atoms with Crippen molar-refractivity contribution in [3.8, 4) is 6.07 Å². The minimum atomic E-state index is -0.934. The van der Waals surface area contributed by atoms with E-state index in [1.807, 2.05) is 6.07 Å². The third-order valence-corrected chi connectivity index (χ3v) is 3.76. The fourth-order valence-electron chi connectivity index (χ4n) is 2.48. The SMILES string of the molecule is N#CCN(C(=O)COC(=O)c1cc(=O)c2ccccc2o1)c1ccccc1. The lowest BCUT2D eigenvalue weighted by Crippen LogP contribution is -2.35. The average Bonchev–Trinajstić information content (AvgIpc) is 2.70. The van der Waals surface area contributed by atoms with E-state index in [1.54, 1.807) is 54.6 Å². The smallest absolute Gasteiger partial charge is 0.374 e. The van der Waals surface area contributed by atoms with Crippen molar-refractivity contribution in [3.05, 3.63) is 76.6 Å². The first kappa shape index (κ1) is 17.9. The van der Waals surface area contributed by atoms with Gasteiger partial charge < -0.3 is 9.15 Å². The van der Waals surface area contributed by atoms with Gasteiger partial charge in [-0.05, 0) is 24.3 Å². The molecule has 0 N–H and O–H groups in total. The van der Waals surface area contributed by atoms with Gasteiger partial charge in [0.25, 0.3) is 5.91 Å². The summed E-state index contributed by atoms with van der Waals surface area (Å²) in [6.07, 6.45) is 0. The standard InChI is InChI=1S/C20H14N2O5/c21-10-11-22(14-6-2-1-3-7-14)19(24)13-26-20(25)18-12-16(23)15-8-4-5-9-17(15)27-18/h1-9,12H,11,13H2. The van der Waals surface area contributed by atoms with Gasteiger partial charge in [-0.15, -0.1) is 0 Å². The quantitative estimate of drug-likeness (QED) is 0.511. The highest BCUT2D eigenvalue weighted by molar-refractivity contribution is 5.97. The van der Waals surface area contributed by atoms with Crippen molar-refractivity contribution in [3.63, 3.8) is 0 Å². The molecule has 0 atom stereocenters. The number of fused-ring (bicyclic) bond motifs is 1. The molecule has 3 aromatic rings. The van der Waals surface area contributed by atoms with E-state index in [-0.39, 0.29) is 23.3 Å². The van der Waals surface area contributed by atoms with Gasteiger partial charge in [0, 0.05) is 11.8 Å². The van der Waals surface area contributed by atoms with E-state index in [0.717, 1.165) is 6.07 Å². The number of ether oxygens (including phenoxy) is 1. The molecule has 1 amide bonds. The Balaban J connectivity index is 1.74. The topological polar surface area (TPSA) is 101 Å². The van der Waals surface area contributed by atoms with Crippen molar-refractivity contribution >= 4 is 28.5 Å². The molecule has 2 aromatic carbocycles. The van der Waals surface area contributed by atoms with Crippen LogP contribution in [0.25, 0.3) is 11.0 Å². The first-order chi connectivity index (χ1) is 13.1. The van der Waals surface area contributed by atoms with Gasteiger partial charge in [-0.2, -0.15) is 5.26 Å². The lowest BCUT2D eigenvalue weighted by atomic mass is 10.2. The molecule has 7 heteroatoms. The Kier molecular flexibility index (Phi) is 5.28. The van der Waals surface area contributed by atoms with Crippen molar-refractivity contribution in [1.82, 2.24) is 0 Å². The summed E-state index contributed by atoms with van der Waals surface area (Å²) in [7, 11) is 0. The summed E-state index contributed by atoms with van der Waals surface area (Å²) in [6.45, 7) is -0.780. The van der Waals surface area contributed by atoms with Gasteiger partial charge >= 0.3 is 5.97 Å². The zero-order valence-corrected chi connectivity index (χ0v) is 14.1. The Bertz CT molecular complexity index is 1080. The maximum atomic E-state index is 12.4. The normalized spacial score (nSPS) is 10.2. The Hall–Kier alpha value is -3.92. The summed E-state index contributed by atoms with van der Waals surface area (Å²) in [5.74, 6) is -1.80. The second-order valence-corrected chi connectivity index (χ2v) is 5.52. The highest BCUT2D eigenvalue weighted by Crippen LogP contribution is 2.14. The first-order valence-corrected chi connectivity index (χ1v) is 8.02. The summed E-state index contributed by atoms with van der Waals surface area (Å²) >= 11 is 0. The van der Waals surface area contributed by atoms with Crippen LogP contribution in [0.2, 0.25) is 0 Å². The molecular weight excluding hydrogens is 348 g/mol. The van der Waals surface area contributed by atoms with Crippen molar-refractivity contribution < 1.29 is 18.7 Å². The van der Waals surface area contributed by atoms with Crippen LogP contribution in [0.4, 0.5) is 5.69 Å². The zero-order chi connectivity index (χ0) is 19.2. The summed E-state index contributed by atoms with van der Waals surface area (Å²) < 4.78 is 10.3. The van der Waals surface area contributed by atoms with Gasteiger partial charge in [0.2, 0.25) is 5.76 Å². The summed E-state index contributed by atoms with van der Waals surface area (Å²) in [6, 6.07) is 18.0. The highest BCUT2D eigenvalue weighted by Gasteiger charge is 2.19. The third kappa shape index (κ3) is 4.02. The largest absolute Gasteiger partial charge is 0.450 e. The second kappa shape index (κ2) is 7.97. The number of rotatable bonds is 5. The predicted octanol–water partition coefficient (Wildman–Crippen LogP) is 2.51. The fraction of sp³-hybridized carbons (Fsp3) is 0.100. The Morgan fingerprint density at radius 2 is 1.78 bits per heavy atom. The van der Waals surface area contributed by atoms with Crippen LogP contribution < -0.4 is 10.3 Å². The van der Waals surface area contributed by atoms with E-state index in [4.69, 9.17) is 14.4 Å². The van der Waals surface area contributed by atoms with Crippen molar-refractivity contribution in [1.29, 1.82) is 5.26 Å². The van der Waals surface area contributed by atoms with E-state index in [1.165, 1.54) is 4.90 Å². The molecule has 1 heterocycles. The lowest BCUT2D eigenvalue weighted by Gasteiger charge is -2.19. The van der Waals surface area contributed by atoms with E-state index < -0.39 is 18.5 Å². The molecule has 7 nitrogen and oxygen atoms in total. The van der Waals surface area contributed by atoms with Crippen LogP contribution in [0, 0.1) is 11.3 Å². The Morgan fingerprint density at radius 1 is 1.07 bits per heavy atom. The van der Waals surface area contributed by atoms with Crippen LogP contribution in [-0.4, -0.2) is 25.0 Å². The Morgan fingerprint density at radius 3 is 2.52 bits per heavy atom. The number of nitrogens with zero attached hydrogens (tertiary/aromatic N) is 2. The van der Waals surface area contributed by atoms with Crippen LogP contribution >= 0.6 is 0 Å². The second-order valence-electron chi connectivity index (χ2n) is 5.52. The summed E-state index contributed by atoms with van der Waals surface area (Å²) in [5, 5.41) is 9.27. The molecule has 0 aliphatic heterocycles. The number of hydrogen-bond donors (Lipinski definition) is 0. The molecule has 0 aliphatic rings. The molecule has 0 saturated heterocycles. The molecule has 0 spiro atoms. The van der Waals surface area contributed by atoms with Gasteiger partial charge in [0.1, 0.15) is 12.1 Å². The molecule has 27 heavy (non-hydrogen) atoms. The Labute approximate surface area is 154 Å². The predicted molar refractivity (Wildman–Crippen MR) is 97.2 cm³/mol. The maximum Gasteiger partial charge on any atom is 0.374 e. The van der Waals surface area contributed by atoms with E-state index >= 15 is 0 Å². The minimum absolute atomic E-state index is 0.189. The average molecular weight is 362 g/mol. The fourth-order valence-corrected chi connectivity index (χ4v) is 2.48. The van der Waals surface area contributed by atoms with Crippen molar-refractivity contribution in [2.75, 3.05) is 18.1 Å². The molecular formula is C20H14N2O5. The molecule has 0 radical (unpaired) electrons. The first-order valence-electron chi connectivity index (χ1n) is 8.02. The number of para-hydroxylation sites is 2. The molecule has 0 fully saturated rings. The van der Waals surface area contributed by atoms with Crippen LogP contribution in [0.5, 0.6) is 0 Å². The van der Waals surface area contributed by atoms with Crippen molar-refractivity contribution in [2.24, 2.45) is 0 Å². The number of esters is 1. The zero-order valence-electron chi connectivity index (χ0n) is 14.1. The number of benzene rings is 2. The van der Waals surface area contributed by atoms with Gasteiger partial charge in [-0.3, -0.25) is 14.5 Å². The van der Waals surface area contributed by atoms with E-state index in [2.05, 4.69) is 0 Å². The van der Waals surface area contributed by atoms with Crippen LogP contribution in [0.1, 0.15) is 10.6 Å². The van der Waals surface area contributed by atoms with Gasteiger partial charge in [0.15, 0.2) is 12.0 Å². The molecule has 3 rings (SSSR count). The van der Waals surface area contributed by atoms with Crippen LogP contribution in [-0.2, 0) is 9.53 Å². The van der Waals surface area contributed by atoms with Crippen molar-refractivity contribution in [2.45, 2.75) is 0 Å². The maximum absolute atomic E-state index is 12.4. The number of anilines is 1. The number of nitriles is 1. The molecule has 134 valence electrons. The lowest BCUT2D eigenvalue weighted by molar-refractivity contribution is -0.121. The molecule has 0 unspecified atom stereocenters. The number of carbonyl (C=O) groups is 2. The molecule has 1 aromatic heterocycles. The highest BCUT2D eigenvalue weighted by atomic mass is 16.5.